The zero-order valence-corrected chi connectivity index (χ0v) is 21.4. The van der Waals surface area contributed by atoms with Gasteiger partial charge in [-0.25, -0.2) is 5.43 Å². The van der Waals surface area contributed by atoms with Gasteiger partial charge in [0, 0.05) is 22.6 Å². The lowest BCUT2D eigenvalue weighted by molar-refractivity contribution is -0.124. The van der Waals surface area contributed by atoms with Gasteiger partial charge in [-0.05, 0) is 43.5 Å². The number of fused-ring (bicyclic) bond motifs is 1. The van der Waals surface area contributed by atoms with Crippen LogP contribution in [-0.2, 0) is 22.4 Å². The third kappa shape index (κ3) is 6.69. The average Bonchev–Trinajstić information content (AvgIpc) is 3.23. The number of rotatable bonds is 7. The van der Waals surface area contributed by atoms with E-state index in [1.807, 2.05) is 30.3 Å². The number of hydrazine groups is 1. The molecule has 11 heteroatoms. The predicted octanol–water partition coefficient (Wildman–Crippen LogP) is 4.13. The first-order chi connectivity index (χ1) is 17.8. The minimum Gasteiger partial charge on any atom is -0.482 e. The smallest absolute Gasteiger partial charge is 0.305 e. The molecule has 0 atom stereocenters. The molecule has 0 fully saturated rings. The number of aryl methyl sites for hydroxylation is 1. The van der Waals surface area contributed by atoms with Crippen LogP contribution in [-0.4, -0.2) is 30.0 Å². The molecular weight excluding hydrogens is 519 g/mol. The maximum atomic E-state index is 12.7. The molecule has 192 valence electrons. The number of nitrogens with zero attached hydrogens (tertiary/aromatic N) is 1. The van der Waals surface area contributed by atoms with E-state index in [0.29, 0.717) is 40.5 Å². The van der Waals surface area contributed by atoms with Gasteiger partial charge < -0.3 is 9.15 Å². The number of amides is 3. The maximum Gasteiger partial charge on any atom is 0.305 e. The van der Waals surface area contributed by atoms with Gasteiger partial charge >= 0.3 is 5.91 Å². The van der Waals surface area contributed by atoms with Crippen molar-refractivity contribution < 1.29 is 23.5 Å². The van der Waals surface area contributed by atoms with Crippen molar-refractivity contribution in [1.29, 1.82) is 0 Å². The summed E-state index contributed by atoms with van der Waals surface area (Å²) < 4.78 is 11.2. The molecular formula is C26H24Cl2N4O5. The van der Waals surface area contributed by atoms with E-state index in [4.69, 9.17) is 32.4 Å². The number of carbonyl (C=O) groups excluding carboxylic acids is 3. The highest BCUT2D eigenvalue weighted by atomic mass is 35.5. The number of hydrogen-bond acceptors (Lipinski definition) is 6. The van der Waals surface area contributed by atoms with Crippen LogP contribution in [0.3, 0.4) is 0 Å². The van der Waals surface area contributed by atoms with Crippen LogP contribution in [0, 0.1) is 6.92 Å². The van der Waals surface area contributed by atoms with Crippen molar-refractivity contribution in [3.8, 4) is 5.75 Å². The van der Waals surface area contributed by atoms with Crippen LogP contribution in [0.1, 0.15) is 45.8 Å². The molecule has 0 bridgehead atoms. The quantitative estimate of drug-likeness (QED) is 0.387. The van der Waals surface area contributed by atoms with Gasteiger partial charge in [-0.15, -0.1) is 0 Å². The first-order valence-electron chi connectivity index (χ1n) is 11.5. The fourth-order valence-electron chi connectivity index (χ4n) is 3.90. The molecule has 0 saturated carbocycles. The van der Waals surface area contributed by atoms with Crippen LogP contribution < -0.4 is 21.0 Å². The number of furan rings is 1. The average molecular weight is 543 g/mol. The molecule has 2 aromatic carbocycles. The third-order valence-electron chi connectivity index (χ3n) is 5.62. The third-order valence-corrected chi connectivity index (χ3v) is 6.15. The predicted molar refractivity (Wildman–Crippen MR) is 139 cm³/mol. The van der Waals surface area contributed by atoms with E-state index in [1.54, 1.807) is 13.0 Å². The lowest BCUT2D eigenvalue weighted by Gasteiger charge is -2.13. The summed E-state index contributed by atoms with van der Waals surface area (Å²) in [7, 11) is 0. The van der Waals surface area contributed by atoms with Gasteiger partial charge in [0.2, 0.25) is 5.91 Å². The Morgan fingerprint density at radius 2 is 1.81 bits per heavy atom. The van der Waals surface area contributed by atoms with Gasteiger partial charge in [-0.1, -0.05) is 53.5 Å². The summed E-state index contributed by atoms with van der Waals surface area (Å²) in [6.07, 6.45) is 2.22. The SMILES string of the molecule is Cc1c(C(=O)NNC(=O)COc2ccc(Cl)cc2Cl)oc2c1/C(=N/NC(=O)Cc1ccccc1)CCC2. The van der Waals surface area contributed by atoms with Crippen LogP contribution in [0.15, 0.2) is 58.0 Å². The molecule has 0 spiro atoms. The molecule has 0 aliphatic heterocycles. The summed E-state index contributed by atoms with van der Waals surface area (Å²) in [4.78, 5) is 37.2. The van der Waals surface area contributed by atoms with E-state index in [1.165, 1.54) is 12.1 Å². The van der Waals surface area contributed by atoms with Crippen LogP contribution >= 0.6 is 23.2 Å². The Balaban J connectivity index is 1.35. The molecule has 1 aliphatic carbocycles. The molecule has 1 aromatic heterocycles. The van der Waals surface area contributed by atoms with Gasteiger partial charge in [-0.3, -0.25) is 25.2 Å². The van der Waals surface area contributed by atoms with Crippen molar-refractivity contribution >= 4 is 46.6 Å². The van der Waals surface area contributed by atoms with Crippen LogP contribution in [0.2, 0.25) is 10.0 Å². The maximum absolute atomic E-state index is 12.7. The zero-order chi connectivity index (χ0) is 26.4. The van der Waals surface area contributed by atoms with Gasteiger partial charge in [0.1, 0.15) is 11.5 Å². The molecule has 0 unspecified atom stereocenters. The summed E-state index contributed by atoms with van der Waals surface area (Å²) in [5.74, 6) is -0.525. The minimum absolute atomic E-state index is 0.0529. The summed E-state index contributed by atoms with van der Waals surface area (Å²) in [5, 5.41) is 5.01. The topological polar surface area (TPSA) is 122 Å². The standard InChI is InChI=1S/C26H24Cl2N4O5/c1-15-24-19(29-30-22(33)12-16-6-3-2-4-7-16)8-5-9-21(24)37-25(15)26(35)32-31-23(34)14-36-20-11-10-17(27)13-18(20)28/h2-4,6-7,10-11,13H,5,8-9,12,14H2,1H3,(H,30,33)(H,31,34)(H,32,35)/b29-19+. The number of hydrazone groups is 1. The largest absolute Gasteiger partial charge is 0.482 e. The van der Waals surface area contributed by atoms with Crippen molar-refractivity contribution in [2.24, 2.45) is 5.10 Å². The Labute approximate surface area is 223 Å². The number of benzene rings is 2. The minimum atomic E-state index is -0.628. The number of carbonyl (C=O) groups is 3. The highest BCUT2D eigenvalue weighted by Crippen LogP contribution is 2.30. The Morgan fingerprint density at radius 3 is 2.57 bits per heavy atom. The molecule has 1 aliphatic rings. The normalized spacial score (nSPS) is 13.5. The van der Waals surface area contributed by atoms with Crippen molar-refractivity contribution in [2.45, 2.75) is 32.6 Å². The van der Waals surface area contributed by atoms with E-state index in [9.17, 15) is 14.4 Å². The van der Waals surface area contributed by atoms with Crippen molar-refractivity contribution in [3.05, 3.63) is 86.8 Å². The van der Waals surface area contributed by atoms with Crippen LogP contribution in [0.4, 0.5) is 0 Å². The van der Waals surface area contributed by atoms with Gasteiger partial charge in [-0.2, -0.15) is 5.10 Å². The number of hydrogen-bond donors (Lipinski definition) is 3. The summed E-state index contributed by atoms with van der Waals surface area (Å²) >= 11 is 11.9. The Kier molecular flexibility index (Phi) is 8.47. The van der Waals surface area contributed by atoms with Gasteiger partial charge in [0.05, 0.1) is 17.2 Å². The molecule has 3 N–H and O–H groups in total. The molecule has 9 nitrogen and oxygen atoms in total. The molecule has 3 aromatic rings. The molecule has 3 amide bonds. The molecule has 0 saturated heterocycles. The molecule has 1 heterocycles. The number of ether oxygens (including phenoxy) is 1. The van der Waals surface area contributed by atoms with Gasteiger partial charge in [0.15, 0.2) is 12.4 Å². The van der Waals surface area contributed by atoms with Crippen LogP contribution in [0.25, 0.3) is 0 Å². The fraction of sp³-hybridized carbons (Fsp3) is 0.231. The summed E-state index contributed by atoms with van der Waals surface area (Å²) in [6, 6.07) is 14.0. The summed E-state index contributed by atoms with van der Waals surface area (Å²) in [5.41, 5.74) is 10.00. The molecule has 4 rings (SSSR count). The second-order valence-electron chi connectivity index (χ2n) is 8.33. The zero-order valence-electron chi connectivity index (χ0n) is 19.9. The Bertz CT molecular complexity index is 1350. The Hall–Kier alpha value is -3.82. The second kappa shape index (κ2) is 11.9. The number of halogens is 2. The van der Waals surface area contributed by atoms with E-state index in [2.05, 4.69) is 21.4 Å². The lowest BCUT2D eigenvalue weighted by Crippen LogP contribution is -2.43. The lowest BCUT2D eigenvalue weighted by atomic mass is 9.93. The van der Waals surface area contributed by atoms with Gasteiger partial charge in [0.25, 0.3) is 5.91 Å². The highest BCUT2D eigenvalue weighted by Gasteiger charge is 2.28. The second-order valence-corrected chi connectivity index (χ2v) is 9.17. The summed E-state index contributed by atoms with van der Waals surface area (Å²) in [6.45, 7) is 1.35. The van der Waals surface area contributed by atoms with E-state index in [-0.39, 0.29) is 35.5 Å². The number of nitrogens with one attached hydrogen (secondary N) is 3. The fourth-order valence-corrected chi connectivity index (χ4v) is 4.37. The first-order valence-corrected chi connectivity index (χ1v) is 12.3. The van der Waals surface area contributed by atoms with Crippen molar-refractivity contribution in [2.75, 3.05) is 6.61 Å². The highest BCUT2D eigenvalue weighted by molar-refractivity contribution is 6.35. The molecule has 37 heavy (non-hydrogen) atoms. The first kappa shape index (κ1) is 26.2. The Morgan fingerprint density at radius 1 is 1.03 bits per heavy atom. The monoisotopic (exact) mass is 542 g/mol. The van der Waals surface area contributed by atoms with Crippen molar-refractivity contribution in [3.63, 3.8) is 0 Å². The van der Waals surface area contributed by atoms with E-state index >= 15 is 0 Å². The van der Waals surface area contributed by atoms with Crippen molar-refractivity contribution in [1.82, 2.24) is 16.3 Å². The molecule has 0 radical (unpaired) electrons. The van der Waals surface area contributed by atoms with E-state index in [0.717, 1.165) is 12.0 Å². The van der Waals surface area contributed by atoms with E-state index < -0.39 is 11.8 Å². The van der Waals surface area contributed by atoms with Crippen LogP contribution in [0.5, 0.6) is 5.75 Å².